The summed E-state index contributed by atoms with van der Waals surface area (Å²) in [4.78, 5) is 40.6. The molecule has 1 N–H and O–H groups in total. The summed E-state index contributed by atoms with van der Waals surface area (Å²) < 4.78 is 0. The zero-order valence-corrected chi connectivity index (χ0v) is 17.9. The number of carbonyl (C=O) groups is 3. The SMILES string of the molecule is Cc1cc(C)c(NC(=O)C(Cc2ccccc2)N2C(=O)c3ccccc3C2=O)c(Cl)c1. The van der Waals surface area contributed by atoms with E-state index in [4.69, 9.17) is 11.6 Å². The summed E-state index contributed by atoms with van der Waals surface area (Å²) in [7, 11) is 0. The summed E-state index contributed by atoms with van der Waals surface area (Å²) in [5, 5.41) is 3.26. The molecule has 0 saturated carbocycles. The smallest absolute Gasteiger partial charge is 0.262 e. The molecule has 0 bridgehead atoms. The Hall–Kier alpha value is -3.44. The number of nitrogens with zero attached hydrogens (tertiary/aromatic N) is 1. The van der Waals surface area contributed by atoms with Crippen LogP contribution in [0.3, 0.4) is 0 Å². The van der Waals surface area contributed by atoms with Crippen LogP contribution in [0.25, 0.3) is 0 Å². The Kier molecular flexibility index (Phi) is 5.61. The quantitative estimate of drug-likeness (QED) is 0.589. The van der Waals surface area contributed by atoms with Crippen molar-refractivity contribution in [3.63, 3.8) is 0 Å². The average molecular weight is 433 g/mol. The normalized spacial score (nSPS) is 13.8. The Morgan fingerprint density at radius 2 is 1.52 bits per heavy atom. The molecule has 0 saturated heterocycles. The summed E-state index contributed by atoms with van der Waals surface area (Å²) >= 11 is 6.37. The number of halogens is 1. The van der Waals surface area contributed by atoms with Gasteiger partial charge in [-0.15, -0.1) is 0 Å². The lowest BCUT2D eigenvalue weighted by molar-refractivity contribution is -0.119. The third-order valence-electron chi connectivity index (χ3n) is 5.39. The van der Waals surface area contributed by atoms with Gasteiger partial charge < -0.3 is 5.32 Å². The molecule has 1 unspecified atom stereocenters. The third-order valence-corrected chi connectivity index (χ3v) is 5.69. The lowest BCUT2D eigenvalue weighted by Crippen LogP contribution is -2.48. The number of carbonyl (C=O) groups excluding carboxylic acids is 3. The van der Waals surface area contributed by atoms with Crippen LogP contribution < -0.4 is 5.32 Å². The lowest BCUT2D eigenvalue weighted by Gasteiger charge is -2.26. The highest BCUT2D eigenvalue weighted by Gasteiger charge is 2.42. The van der Waals surface area contributed by atoms with E-state index < -0.39 is 23.8 Å². The fraction of sp³-hybridized carbons (Fsp3) is 0.160. The minimum Gasteiger partial charge on any atom is -0.323 e. The van der Waals surface area contributed by atoms with Crippen molar-refractivity contribution in [1.82, 2.24) is 4.90 Å². The number of hydrogen-bond donors (Lipinski definition) is 1. The molecule has 4 rings (SSSR count). The van der Waals surface area contributed by atoms with Gasteiger partial charge in [0.2, 0.25) is 5.91 Å². The van der Waals surface area contributed by atoms with Gasteiger partial charge in [-0.05, 0) is 48.7 Å². The van der Waals surface area contributed by atoms with Gasteiger partial charge >= 0.3 is 0 Å². The standard InChI is InChI=1S/C25H21ClN2O3/c1-15-12-16(2)22(20(26)13-15)27-23(29)21(14-17-8-4-3-5-9-17)28-24(30)18-10-6-7-11-19(18)25(28)31/h3-13,21H,14H2,1-2H3,(H,27,29). The highest BCUT2D eigenvalue weighted by Crippen LogP contribution is 2.30. The maximum Gasteiger partial charge on any atom is 0.262 e. The van der Waals surface area contributed by atoms with Gasteiger partial charge in [0.15, 0.2) is 0 Å². The van der Waals surface area contributed by atoms with E-state index >= 15 is 0 Å². The van der Waals surface area contributed by atoms with E-state index in [-0.39, 0.29) is 6.42 Å². The molecular weight excluding hydrogens is 412 g/mol. The van der Waals surface area contributed by atoms with Gasteiger partial charge in [0, 0.05) is 6.42 Å². The molecular formula is C25H21ClN2O3. The van der Waals surface area contributed by atoms with Gasteiger partial charge in [-0.1, -0.05) is 60.1 Å². The molecule has 0 spiro atoms. The van der Waals surface area contributed by atoms with Crippen molar-refractivity contribution in [1.29, 1.82) is 0 Å². The molecule has 1 aliphatic rings. The van der Waals surface area contributed by atoms with Gasteiger partial charge in [-0.25, -0.2) is 0 Å². The van der Waals surface area contributed by atoms with Crippen LogP contribution in [0.15, 0.2) is 66.7 Å². The molecule has 3 amide bonds. The number of nitrogens with one attached hydrogen (secondary N) is 1. The monoisotopic (exact) mass is 432 g/mol. The van der Waals surface area contributed by atoms with E-state index in [0.29, 0.717) is 21.8 Å². The van der Waals surface area contributed by atoms with Gasteiger partial charge in [-0.3, -0.25) is 19.3 Å². The molecule has 1 aliphatic heterocycles. The van der Waals surface area contributed by atoms with Crippen LogP contribution in [0.2, 0.25) is 5.02 Å². The van der Waals surface area contributed by atoms with Crippen LogP contribution in [0, 0.1) is 13.8 Å². The van der Waals surface area contributed by atoms with Crippen LogP contribution in [-0.2, 0) is 11.2 Å². The van der Waals surface area contributed by atoms with Crippen LogP contribution >= 0.6 is 11.6 Å². The van der Waals surface area contributed by atoms with Crippen molar-refractivity contribution in [3.05, 3.63) is 99.6 Å². The number of aryl methyl sites for hydroxylation is 2. The van der Waals surface area contributed by atoms with Gasteiger partial charge in [-0.2, -0.15) is 0 Å². The molecule has 3 aromatic rings. The lowest BCUT2D eigenvalue weighted by atomic mass is 10.0. The second-order valence-electron chi connectivity index (χ2n) is 7.66. The van der Waals surface area contributed by atoms with E-state index in [1.165, 1.54) is 0 Å². The van der Waals surface area contributed by atoms with Crippen molar-refractivity contribution in [3.8, 4) is 0 Å². The molecule has 156 valence electrons. The minimum absolute atomic E-state index is 0.195. The molecule has 31 heavy (non-hydrogen) atoms. The van der Waals surface area contributed by atoms with Crippen molar-refractivity contribution in [2.75, 3.05) is 5.32 Å². The van der Waals surface area contributed by atoms with E-state index in [1.807, 2.05) is 50.2 Å². The van der Waals surface area contributed by atoms with Crippen molar-refractivity contribution in [2.24, 2.45) is 0 Å². The number of amides is 3. The summed E-state index contributed by atoms with van der Waals surface area (Å²) in [5.41, 5.74) is 3.71. The maximum absolute atomic E-state index is 13.4. The number of imide groups is 1. The predicted molar refractivity (Wildman–Crippen MR) is 120 cm³/mol. The first kappa shape index (κ1) is 20.8. The second-order valence-corrected chi connectivity index (χ2v) is 8.07. The number of anilines is 1. The highest BCUT2D eigenvalue weighted by atomic mass is 35.5. The zero-order chi connectivity index (χ0) is 22.1. The molecule has 0 aliphatic carbocycles. The first-order chi connectivity index (χ1) is 14.9. The van der Waals surface area contributed by atoms with Gasteiger partial charge in [0.05, 0.1) is 21.8 Å². The maximum atomic E-state index is 13.4. The number of hydrogen-bond acceptors (Lipinski definition) is 3. The van der Waals surface area contributed by atoms with Crippen LogP contribution in [0.4, 0.5) is 5.69 Å². The van der Waals surface area contributed by atoms with Crippen molar-refractivity contribution < 1.29 is 14.4 Å². The molecule has 1 atom stereocenters. The number of fused-ring (bicyclic) bond motifs is 1. The molecule has 0 fully saturated rings. The zero-order valence-electron chi connectivity index (χ0n) is 17.2. The fourth-order valence-corrected chi connectivity index (χ4v) is 4.28. The first-order valence-electron chi connectivity index (χ1n) is 9.95. The average Bonchev–Trinajstić information content (AvgIpc) is 3.00. The van der Waals surface area contributed by atoms with E-state index in [1.54, 1.807) is 30.3 Å². The number of rotatable bonds is 5. The van der Waals surface area contributed by atoms with E-state index in [9.17, 15) is 14.4 Å². The molecule has 1 heterocycles. The first-order valence-corrected chi connectivity index (χ1v) is 10.3. The van der Waals surface area contributed by atoms with Crippen LogP contribution in [-0.4, -0.2) is 28.7 Å². The van der Waals surface area contributed by atoms with Crippen molar-refractivity contribution in [2.45, 2.75) is 26.3 Å². The summed E-state index contributed by atoms with van der Waals surface area (Å²) in [6.07, 6.45) is 0.195. The second kappa shape index (κ2) is 8.36. The van der Waals surface area contributed by atoms with Crippen molar-refractivity contribution >= 4 is 35.0 Å². The van der Waals surface area contributed by atoms with Gasteiger partial charge in [0.25, 0.3) is 11.8 Å². The predicted octanol–water partition coefficient (Wildman–Crippen LogP) is 4.80. The fourth-order valence-electron chi connectivity index (χ4n) is 3.91. The van der Waals surface area contributed by atoms with Crippen LogP contribution in [0.5, 0.6) is 0 Å². The van der Waals surface area contributed by atoms with Crippen LogP contribution in [0.1, 0.15) is 37.4 Å². The summed E-state index contributed by atoms with van der Waals surface area (Å²) in [6, 6.07) is 18.6. The Morgan fingerprint density at radius 1 is 0.935 bits per heavy atom. The molecule has 6 heteroatoms. The molecule has 3 aromatic carbocycles. The minimum atomic E-state index is -1.02. The molecule has 0 radical (unpaired) electrons. The number of benzene rings is 3. The Morgan fingerprint density at radius 3 is 2.10 bits per heavy atom. The largest absolute Gasteiger partial charge is 0.323 e. The van der Waals surface area contributed by atoms with Gasteiger partial charge in [0.1, 0.15) is 6.04 Å². The highest BCUT2D eigenvalue weighted by molar-refractivity contribution is 6.34. The molecule has 0 aromatic heterocycles. The third kappa shape index (κ3) is 3.97. The summed E-state index contributed by atoms with van der Waals surface area (Å²) in [5.74, 6) is -1.40. The Bertz CT molecular complexity index is 1130. The Labute approximate surface area is 185 Å². The van der Waals surface area contributed by atoms with E-state index in [2.05, 4.69) is 5.32 Å². The molecule has 5 nitrogen and oxygen atoms in total. The topological polar surface area (TPSA) is 66.5 Å². The van der Waals surface area contributed by atoms with E-state index in [0.717, 1.165) is 21.6 Å². The Balaban J connectivity index is 1.71. The summed E-state index contributed by atoms with van der Waals surface area (Å²) in [6.45, 7) is 3.77.